The first-order valence-electron chi connectivity index (χ1n) is 7.92. The van der Waals surface area contributed by atoms with E-state index in [9.17, 15) is 0 Å². The van der Waals surface area contributed by atoms with Gasteiger partial charge in [-0.15, -0.1) is 0 Å². The van der Waals surface area contributed by atoms with Crippen LogP contribution in [0.1, 0.15) is 64.0 Å². The van der Waals surface area contributed by atoms with Crippen LogP contribution < -0.4 is 4.74 Å². The first kappa shape index (κ1) is 16.6. The summed E-state index contributed by atoms with van der Waals surface area (Å²) in [7, 11) is 0. The van der Waals surface area contributed by atoms with E-state index >= 15 is 0 Å². The SMILES string of the molecule is CC.CCC.Cc1cccc2c1OC1=CC=CCCC12. The molecule has 1 nitrogen and oxygen atoms in total. The number of para-hydroxylation sites is 1. The van der Waals surface area contributed by atoms with E-state index in [4.69, 9.17) is 4.74 Å². The van der Waals surface area contributed by atoms with E-state index in [-0.39, 0.29) is 0 Å². The molecule has 1 heterocycles. The molecule has 0 radical (unpaired) electrons. The third-order valence-corrected chi connectivity index (χ3v) is 3.20. The van der Waals surface area contributed by atoms with Gasteiger partial charge in [0.25, 0.3) is 0 Å². The summed E-state index contributed by atoms with van der Waals surface area (Å²) in [6.45, 7) is 10.4. The molecule has 0 bridgehead atoms. The minimum atomic E-state index is 0.481. The second-order valence-electron chi connectivity index (χ2n) is 4.93. The van der Waals surface area contributed by atoms with Crippen molar-refractivity contribution in [2.75, 3.05) is 0 Å². The Morgan fingerprint density at radius 1 is 1.20 bits per heavy atom. The van der Waals surface area contributed by atoms with E-state index in [1.165, 1.54) is 24.0 Å². The molecule has 20 heavy (non-hydrogen) atoms. The van der Waals surface area contributed by atoms with Gasteiger partial charge in [-0.3, -0.25) is 0 Å². The van der Waals surface area contributed by atoms with Gasteiger partial charge in [0, 0.05) is 11.5 Å². The molecule has 0 fully saturated rings. The number of allylic oxidation sites excluding steroid dienone is 4. The standard InChI is InChI=1S/C14H14O.C3H8.C2H6/c1-10-6-5-8-12-11-7-3-2-4-9-13(11)15-14(10)12;1-3-2;1-2/h2,4-6,8-9,11H,3,7H2,1H3;3H2,1-2H3;1-2H3. The fourth-order valence-corrected chi connectivity index (χ4v) is 2.40. The molecular formula is C19H28O. The molecular weight excluding hydrogens is 244 g/mol. The summed E-state index contributed by atoms with van der Waals surface area (Å²) in [4.78, 5) is 0. The van der Waals surface area contributed by atoms with Crippen molar-refractivity contribution in [3.05, 3.63) is 53.3 Å². The molecule has 1 unspecified atom stereocenters. The van der Waals surface area contributed by atoms with Gasteiger partial charge in [-0.1, -0.05) is 64.5 Å². The molecule has 0 N–H and O–H groups in total. The van der Waals surface area contributed by atoms with E-state index in [1.54, 1.807) is 0 Å². The van der Waals surface area contributed by atoms with Crippen molar-refractivity contribution < 1.29 is 4.74 Å². The normalized spacial score (nSPS) is 18.1. The Morgan fingerprint density at radius 2 is 1.90 bits per heavy atom. The second kappa shape index (κ2) is 8.63. The summed E-state index contributed by atoms with van der Waals surface area (Å²) in [6.07, 6.45) is 9.98. The van der Waals surface area contributed by atoms with Crippen molar-refractivity contribution in [1.29, 1.82) is 0 Å². The average Bonchev–Trinajstić information content (AvgIpc) is 2.67. The Morgan fingerprint density at radius 3 is 2.60 bits per heavy atom. The minimum Gasteiger partial charge on any atom is -0.460 e. The van der Waals surface area contributed by atoms with Crippen molar-refractivity contribution in [1.82, 2.24) is 0 Å². The van der Waals surface area contributed by atoms with Crippen LogP contribution in [0.3, 0.4) is 0 Å². The van der Waals surface area contributed by atoms with Crippen LogP contribution in [0.25, 0.3) is 0 Å². The van der Waals surface area contributed by atoms with Crippen molar-refractivity contribution >= 4 is 0 Å². The van der Waals surface area contributed by atoms with Gasteiger partial charge < -0.3 is 4.74 Å². The Kier molecular flexibility index (Phi) is 7.14. The summed E-state index contributed by atoms with van der Waals surface area (Å²) >= 11 is 0. The van der Waals surface area contributed by atoms with Gasteiger partial charge in [-0.2, -0.15) is 0 Å². The predicted octanol–water partition coefficient (Wildman–Crippen LogP) is 6.15. The van der Waals surface area contributed by atoms with Crippen molar-refractivity contribution in [2.24, 2.45) is 0 Å². The maximum Gasteiger partial charge on any atom is 0.133 e. The molecule has 0 saturated carbocycles. The maximum atomic E-state index is 5.93. The lowest BCUT2D eigenvalue weighted by atomic mass is 9.93. The van der Waals surface area contributed by atoms with Crippen LogP contribution in [0.4, 0.5) is 0 Å². The molecule has 1 atom stereocenters. The average molecular weight is 272 g/mol. The summed E-state index contributed by atoms with van der Waals surface area (Å²) in [6, 6.07) is 6.43. The van der Waals surface area contributed by atoms with Gasteiger partial charge in [-0.25, -0.2) is 0 Å². The summed E-state index contributed by atoms with van der Waals surface area (Å²) in [5, 5.41) is 0. The fourth-order valence-electron chi connectivity index (χ4n) is 2.40. The van der Waals surface area contributed by atoms with Gasteiger partial charge in [0.15, 0.2) is 0 Å². The lowest BCUT2D eigenvalue weighted by Crippen LogP contribution is -1.96. The zero-order valence-corrected chi connectivity index (χ0v) is 13.6. The third-order valence-electron chi connectivity index (χ3n) is 3.20. The quantitative estimate of drug-likeness (QED) is 0.550. The summed E-state index contributed by atoms with van der Waals surface area (Å²) < 4.78 is 5.93. The smallest absolute Gasteiger partial charge is 0.133 e. The van der Waals surface area contributed by atoms with Gasteiger partial charge in [0.05, 0.1) is 0 Å². The highest BCUT2D eigenvalue weighted by atomic mass is 16.5. The van der Waals surface area contributed by atoms with Crippen LogP contribution >= 0.6 is 0 Å². The molecule has 110 valence electrons. The number of aryl methyl sites for hydroxylation is 1. The Hall–Kier alpha value is -1.50. The molecule has 0 aromatic heterocycles. The van der Waals surface area contributed by atoms with E-state index < -0.39 is 0 Å². The number of hydrogen-bond acceptors (Lipinski definition) is 1. The van der Waals surface area contributed by atoms with E-state index in [1.807, 2.05) is 13.8 Å². The lowest BCUT2D eigenvalue weighted by molar-refractivity contribution is 0.421. The topological polar surface area (TPSA) is 9.23 Å². The Labute approximate surface area is 124 Å². The Balaban J connectivity index is 0.000000357. The van der Waals surface area contributed by atoms with Crippen LogP contribution in [0, 0.1) is 6.92 Å². The van der Waals surface area contributed by atoms with Crippen molar-refractivity contribution in [3.8, 4) is 5.75 Å². The molecule has 0 saturated heterocycles. The zero-order valence-electron chi connectivity index (χ0n) is 13.6. The Bertz CT molecular complexity index is 469. The number of ether oxygens (including phenoxy) is 1. The minimum absolute atomic E-state index is 0.481. The monoisotopic (exact) mass is 272 g/mol. The van der Waals surface area contributed by atoms with Gasteiger partial charge in [0.1, 0.15) is 11.5 Å². The molecule has 2 aliphatic rings. The molecule has 0 amide bonds. The highest BCUT2D eigenvalue weighted by Crippen LogP contribution is 2.45. The zero-order chi connectivity index (χ0) is 15.0. The molecule has 1 aromatic carbocycles. The van der Waals surface area contributed by atoms with Crippen LogP contribution in [-0.2, 0) is 0 Å². The molecule has 0 spiro atoms. The molecule has 1 aliphatic carbocycles. The van der Waals surface area contributed by atoms with Gasteiger partial charge in [0.2, 0.25) is 0 Å². The van der Waals surface area contributed by atoms with Crippen LogP contribution in [0.2, 0.25) is 0 Å². The fraction of sp³-hybridized carbons (Fsp3) is 0.474. The predicted molar refractivity (Wildman–Crippen MR) is 88.3 cm³/mol. The molecule has 1 heteroatoms. The summed E-state index contributed by atoms with van der Waals surface area (Å²) in [5.74, 6) is 2.69. The number of rotatable bonds is 0. The van der Waals surface area contributed by atoms with E-state index in [0.29, 0.717) is 5.92 Å². The second-order valence-corrected chi connectivity index (χ2v) is 4.93. The number of fused-ring (bicyclic) bond motifs is 3. The van der Waals surface area contributed by atoms with Crippen molar-refractivity contribution in [2.45, 2.75) is 59.8 Å². The van der Waals surface area contributed by atoms with E-state index in [0.717, 1.165) is 17.9 Å². The molecule has 1 aromatic rings. The number of benzene rings is 1. The first-order valence-corrected chi connectivity index (χ1v) is 7.92. The molecule has 1 aliphatic heterocycles. The van der Waals surface area contributed by atoms with Crippen LogP contribution in [-0.4, -0.2) is 0 Å². The largest absolute Gasteiger partial charge is 0.460 e. The van der Waals surface area contributed by atoms with Crippen molar-refractivity contribution in [3.63, 3.8) is 0 Å². The van der Waals surface area contributed by atoms with Gasteiger partial charge >= 0.3 is 0 Å². The van der Waals surface area contributed by atoms with Crippen LogP contribution in [0.15, 0.2) is 42.2 Å². The lowest BCUT2D eigenvalue weighted by Gasteiger charge is -2.06. The van der Waals surface area contributed by atoms with Crippen LogP contribution in [0.5, 0.6) is 5.75 Å². The highest BCUT2D eigenvalue weighted by Gasteiger charge is 2.30. The highest BCUT2D eigenvalue weighted by molar-refractivity contribution is 5.51. The third kappa shape index (κ3) is 3.75. The maximum absolute atomic E-state index is 5.93. The first-order chi connectivity index (χ1) is 9.77. The van der Waals surface area contributed by atoms with E-state index in [2.05, 4.69) is 57.2 Å². The van der Waals surface area contributed by atoms with Gasteiger partial charge in [-0.05, 0) is 31.4 Å². The summed E-state index contributed by atoms with van der Waals surface area (Å²) in [5.41, 5.74) is 2.61. The number of hydrogen-bond donors (Lipinski definition) is 0. The molecule has 3 rings (SSSR count).